The summed E-state index contributed by atoms with van der Waals surface area (Å²) in [6.07, 6.45) is 11.9. The molecule has 0 spiro atoms. The Bertz CT molecular complexity index is 1020. The molecule has 8 nitrogen and oxygen atoms in total. The van der Waals surface area contributed by atoms with Crippen molar-refractivity contribution < 1.29 is 14.4 Å². The molecular formula is C26H35N5O3. The minimum atomic E-state index is -0.484. The van der Waals surface area contributed by atoms with Gasteiger partial charge >= 0.3 is 0 Å². The third-order valence-corrected chi connectivity index (χ3v) is 7.56. The van der Waals surface area contributed by atoms with Crippen molar-refractivity contribution in [2.45, 2.75) is 57.0 Å². The first-order valence-electron chi connectivity index (χ1n) is 12.2. The third kappa shape index (κ3) is 4.78. The molecule has 0 bridgehead atoms. The van der Waals surface area contributed by atoms with Crippen LogP contribution in [0, 0.1) is 5.92 Å². The molecule has 1 saturated carbocycles. The van der Waals surface area contributed by atoms with Crippen molar-refractivity contribution in [3.8, 4) is 0 Å². The van der Waals surface area contributed by atoms with Crippen LogP contribution in [-0.2, 0) is 14.4 Å². The van der Waals surface area contributed by atoms with Gasteiger partial charge in [-0.05, 0) is 56.4 Å². The van der Waals surface area contributed by atoms with Crippen LogP contribution < -0.4 is 11.1 Å². The maximum Gasteiger partial charge on any atom is 0.272 e. The summed E-state index contributed by atoms with van der Waals surface area (Å²) in [6, 6.07) is -0.484. The zero-order chi connectivity index (χ0) is 24.5. The molecule has 34 heavy (non-hydrogen) atoms. The van der Waals surface area contributed by atoms with Crippen LogP contribution in [-0.4, -0.2) is 71.5 Å². The lowest BCUT2D eigenvalue weighted by Gasteiger charge is -2.40. The molecule has 182 valence electrons. The van der Waals surface area contributed by atoms with Gasteiger partial charge in [-0.2, -0.15) is 0 Å². The summed E-state index contributed by atoms with van der Waals surface area (Å²) in [5.41, 5.74) is 8.42. The predicted molar refractivity (Wildman–Crippen MR) is 132 cm³/mol. The van der Waals surface area contributed by atoms with Gasteiger partial charge in [-0.3, -0.25) is 14.4 Å². The van der Waals surface area contributed by atoms with E-state index in [-0.39, 0.29) is 35.6 Å². The summed E-state index contributed by atoms with van der Waals surface area (Å²) in [7, 11) is 1.82. The van der Waals surface area contributed by atoms with Crippen LogP contribution in [0.2, 0.25) is 0 Å². The van der Waals surface area contributed by atoms with E-state index in [9.17, 15) is 14.4 Å². The lowest BCUT2D eigenvalue weighted by Crippen LogP contribution is -2.57. The van der Waals surface area contributed by atoms with Crippen molar-refractivity contribution in [2.24, 2.45) is 16.6 Å². The first-order valence-corrected chi connectivity index (χ1v) is 12.2. The Morgan fingerprint density at radius 3 is 2.79 bits per heavy atom. The third-order valence-electron chi connectivity index (χ3n) is 7.56. The molecule has 2 aliphatic heterocycles. The topological polar surface area (TPSA) is 108 Å². The van der Waals surface area contributed by atoms with Gasteiger partial charge in [0.1, 0.15) is 5.71 Å². The van der Waals surface area contributed by atoms with Gasteiger partial charge in [0.25, 0.3) is 5.91 Å². The number of carbonyl (C=O) groups is 3. The predicted octanol–water partition coefficient (Wildman–Crippen LogP) is 1.85. The van der Waals surface area contributed by atoms with Crippen LogP contribution in [0.1, 0.15) is 45.4 Å². The lowest BCUT2D eigenvalue weighted by molar-refractivity contribution is -0.138. The molecule has 8 heteroatoms. The highest BCUT2D eigenvalue weighted by Crippen LogP contribution is 2.45. The molecule has 4 rings (SSSR count). The summed E-state index contributed by atoms with van der Waals surface area (Å²) in [5.74, 6) is -0.665. The van der Waals surface area contributed by atoms with Gasteiger partial charge in [0.05, 0.1) is 11.7 Å². The summed E-state index contributed by atoms with van der Waals surface area (Å²) in [6.45, 7) is 7.84. The number of fused-ring (bicyclic) bond motifs is 1. The number of allylic oxidation sites excluding steroid dienone is 4. The molecule has 2 unspecified atom stereocenters. The molecule has 2 aliphatic carbocycles. The van der Waals surface area contributed by atoms with E-state index in [2.05, 4.69) is 23.0 Å². The van der Waals surface area contributed by atoms with Crippen molar-refractivity contribution >= 4 is 23.4 Å². The number of piperidine rings is 1. The number of likely N-dealkylation sites (tertiary alicyclic amines) is 1. The summed E-state index contributed by atoms with van der Waals surface area (Å²) >= 11 is 0. The largest absolute Gasteiger partial charge is 0.370 e. The number of hydrogen-bond donors (Lipinski definition) is 2. The molecule has 4 aliphatic rings. The maximum atomic E-state index is 13.7. The number of nitrogens with two attached hydrogens (primary N) is 1. The van der Waals surface area contributed by atoms with Crippen LogP contribution in [0.15, 0.2) is 52.7 Å². The molecule has 3 amide bonds. The van der Waals surface area contributed by atoms with Gasteiger partial charge in [0.15, 0.2) is 0 Å². The molecule has 2 atom stereocenters. The summed E-state index contributed by atoms with van der Waals surface area (Å²) < 4.78 is 0. The van der Waals surface area contributed by atoms with Crippen LogP contribution in [0.4, 0.5) is 0 Å². The van der Waals surface area contributed by atoms with E-state index >= 15 is 0 Å². The second-order valence-electron chi connectivity index (χ2n) is 9.74. The molecule has 2 heterocycles. The average molecular weight is 466 g/mol. The fraction of sp³-hybridized carbons (Fsp3) is 0.538. The number of nitrogens with one attached hydrogen (secondary N) is 1. The minimum Gasteiger partial charge on any atom is -0.370 e. The number of aliphatic imine (C=N–C) groups is 1. The van der Waals surface area contributed by atoms with E-state index < -0.39 is 6.04 Å². The van der Waals surface area contributed by atoms with E-state index in [0.717, 1.165) is 36.1 Å². The Morgan fingerprint density at radius 2 is 2.15 bits per heavy atom. The Labute approximate surface area is 201 Å². The maximum absolute atomic E-state index is 13.7. The molecule has 0 aromatic carbocycles. The molecule has 1 saturated heterocycles. The zero-order valence-corrected chi connectivity index (χ0v) is 20.2. The first kappa shape index (κ1) is 24.1. The molecular weight excluding hydrogens is 430 g/mol. The number of nitrogens with zero attached hydrogens (tertiary/aromatic N) is 3. The Hall–Kier alpha value is -3.00. The molecule has 0 radical (unpaired) electrons. The highest BCUT2D eigenvalue weighted by molar-refractivity contribution is 6.44. The minimum absolute atomic E-state index is 0.0214. The molecule has 3 N–H and O–H groups in total. The van der Waals surface area contributed by atoms with E-state index in [1.807, 2.05) is 32.2 Å². The first-order chi connectivity index (χ1) is 16.3. The van der Waals surface area contributed by atoms with Gasteiger partial charge in [-0.25, -0.2) is 4.99 Å². The highest BCUT2D eigenvalue weighted by atomic mass is 16.2. The second kappa shape index (κ2) is 9.70. The highest BCUT2D eigenvalue weighted by Gasteiger charge is 2.50. The Kier molecular flexibility index (Phi) is 6.89. The van der Waals surface area contributed by atoms with E-state index in [0.29, 0.717) is 38.2 Å². The number of carbonyl (C=O) groups excluding carboxylic acids is 3. The monoisotopic (exact) mass is 465 g/mol. The number of primary amides is 1. The number of amides is 3. The molecule has 2 fully saturated rings. The summed E-state index contributed by atoms with van der Waals surface area (Å²) in [5, 5.41) is 3.36. The van der Waals surface area contributed by atoms with Crippen molar-refractivity contribution in [3.63, 3.8) is 0 Å². The summed E-state index contributed by atoms with van der Waals surface area (Å²) in [4.78, 5) is 46.4. The van der Waals surface area contributed by atoms with E-state index in [1.165, 1.54) is 0 Å². The van der Waals surface area contributed by atoms with Crippen molar-refractivity contribution in [1.82, 2.24) is 15.1 Å². The van der Waals surface area contributed by atoms with E-state index in [4.69, 9.17) is 5.73 Å². The smallest absolute Gasteiger partial charge is 0.272 e. The fourth-order valence-corrected chi connectivity index (χ4v) is 5.17. The number of likely N-dealkylation sites (N-methyl/N-ethyl adjacent to an activating group) is 2. The van der Waals surface area contributed by atoms with Crippen molar-refractivity contribution in [2.75, 3.05) is 26.7 Å². The van der Waals surface area contributed by atoms with Crippen LogP contribution in [0.3, 0.4) is 0 Å². The van der Waals surface area contributed by atoms with Gasteiger partial charge in [-0.1, -0.05) is 31.2 Å². The van der Waals surface area contributed by atoms with Crippen LogP contribution in [0.25, 0.3) is 0 Å². The normalized spacial score (nSPS) is 23.5. The van der Waals surface area contributed by atoms with Gasteiger partial charge < -0.3 is 20.9 Å². The molecule has 0 aromatic heterocycles. The van der Waals surface area contributed by atoms with Crippen molar-refractivity contribution in [1.29, 1.82) is 0 Å². The van der Waals surface area contributed by atoms with Crippen LogP contribution >= 0.6 is 0 Å². The van der Waals surface area contributed by atoms with Gasteiger partial charge in [0.2, 0.25) is 11.8 Å². The van der Waals surface area contributed by atoms with E-state index in [1.54, 1.807) is 9.80 Å². The SMILES string of the molecule is C=C1CCN(C(=O)C2=NC3=CC=CCC3=C2)CC1C(NCC)C(=O)N(C)C1(CCC(N)=O)CC1. The number of rotatable bonds is 9. The lowest BCUT2D eigenvalue weighted by atomic mass is 9.85. The van der Waals surface area contributed by atoms with Crippen molar-refractivity contribution in [3.05, 3.63) is 47.7 Å². The fourth-order valence-electron chi connectivity index (χ4n) is 5.17. The standard InChI is InChI=1S/C26H35N5O3/c1-4-28-23(25(34)30(3)26(12-13-26)11-9-22(27)32)19-16-31(14-10-17(19)2)24(33)21-15-18-7-5-6-8-20(18)29-21/h5-6,8,15,19,23,28H,2,4,7,9-14,16H2,1,3H3,(H2,27,32). The quantitative estimate of drug-likeness (QED) is 0.507. The van der Waals surface area contributed by atoms with Crippen LogP contribution in [0.5, 0.6) is 0 Å². The second-order valence-corrected chi connectivity index (χ2v) is 9.74. The van der Waals surface area contributed by atoms with Gasteiger partial charge in [-0.15, -0.1) is 0 Å². The number of hydrogen-bond acceptors (Lipinski definition) is 5. The zero-order valence-electron chi connectivity index (χ0n) is 20.2. The Morgan fingerprint density at radius 1 is 1.38 bits per heavy atom. The van der Waals surface area contributed by atoms with Gasteiger partial charge in [0, 0.05) is 38.0 Å². The average Bonchev–Trinajstić information content (AvgIpc) is 3.50. The molecule has 0 aromatic rings. The Balaban J connectivity index is 1.48.